The monoisotopic (exact) mass is 197 g/mol. The summed E-state index contributed by atoms with van der Waals surface area (Å²) in [4.78, 5) is 13.6. The van der Waals surface area contributed by atoms with Crippen LogP contribution in [0.25, 0.3) is 0 Å². The van der Waals surface area contributed by atoms with E-state index in [0.717, 1.165) is 18.9 Å². The van der Waals surface area contributed by atoms with Gasteiger partial charge in [-0.2, -0.15) is 0 Å². The molecule has 0 aromatic carbocycles. The van der Waals surface area contributed by atoms with Crippen LogP contribution in [0.15, 0.2) is 0 Å². The lowest BCUT2D eigenvalue weighted by atomic mass is 9.92. The van der Waals surface area contributed by atoms with Crippen molar-refractivity contribution in [1.82, 2.24) is 4.90 Å². The van der Waals surface area contributed by atoms with Crippen molar-refractivity contribution in [2.75, 3.05) is 13.2 Å². The van der Waals surface area contributed by atoms with Crippen molar-refractivity contribution < 1.29 is 9.53 Å². The van der Waals surface area contributed by atoms with Gasteiger partial charge in [0.25, 0.3) is 0 Å². The molecular weight excluding hydrogens is 178 g/mol. The lowest BCUT2D eigenvalue weighted by Crippen LogP contribution is -2.46. The largest absolute Gasteiger partial charge is 0.450 e. The fourth-order valence-electron chi connectivity index (χ4n) is 2.89. The summed E-state index contributed by atoms with van der Waals surface area (Å²) in [5.74, 6) is 0.758. The maximum absolute atomic E-state index is 11.6. The molecule has 1 aliphatic carbocycles. The molecule has 2 fully saturated rings. The quantitative estimate of drug-likeness (QED) is 0.646. The van der Waals surface area contributed by atoms with Crippen LogP contribution in [-0.2, 0) is 4.74 Å². The van der Waals surface area contributed by atoms with Gasteiger partial charge < -0.3 is 9.64 Å². The highest BCUT2D eigenvalue weighted by Crippen LogP contribution is 2.36. The SMILES string of the molecule is CCOC(=O)N1CCC[C@@H]2CCC[C@@H]21. The fourth-order valence-corrected chi connectivity index (χ4v) is 2.89. The molecule has 0 aromatic heterocycles. The summed E-state index contributed by atoms with van der Waals surface area (Å²) in [6.45, 7) is 3.26. The van der Waals surface area contributed by atoms with Crippen molar-refractivity contribution in [1.29, 1.82) is 0 Å². The molecule has 80 valence electrons. The molecule has 14 heavy (non-hydrogen) atoms. The Balaban J connectivity index is 1.99. The summed E-state index contributed by atoms with van der Waals surface area (Å²) in [6, 6.07) is 0.489. The summed E-state index contributed by atoms with van der Waals surface area (Å²) in [6.07, 6.45) is 6.14. The molecule has 1 amide bonds. The Kier molecular flexibility index (Phi) is 2.94. The Bertz CT molecular complexity index is 217. The normalized spacial score (nSPS) is 31.4. The third-order valence-corrected chi connectivity index (χ3v) is 3.50. The first-order chi connectivity index (χ1) is 6.83. The van der Waals surface area contributed by atoms with Crippen LogP contribution in [0.3, 0.4) is 0 Å². The Morgan fingerprint density at radius 3 is 2.93 bits per heavy atom. The van der Waals surface area contributed by atoms with E-state index in [-0.39, 0.29) is 6.09 Å². The topological polar surface area (TPSA) is 29.5 Å². The van der Waals surface area contributed by atoms with Crippen molar-refractivity contribution in [3.05, 3.63) is 0 Å². The fraction of sp³-hybridized carbons (Fsp3) is 0.909. The molecule has 0 unspecified atom stereocenters. The van der Waals surface area contributed by atoms with Crippen LogP contribution in [0, 0.1) is 5.92 Å². The van der Waals surface area contributed by atoms with Gasteiger partial charge in [-0.25, -0.2) is 4.79 Å². The first-order valence-corrected chi connectivity index (χ1v) is 5.76. The van der Waals surface area contributed by atoms with Crippen LogP contribution in [0.2, 0.25) is 0 Å². The van der Waals surface area contributed by atoms with Crippen LogP contribution in [0.1, 0.15) is 39.0 Å². The molecule has 2 atom stereocenters. The number of nitrogens with zero attached hydrogens (tertiary/aromatic N) is 1. The number of carbonyl (C=O) groups excluding carboxylic acids is 1. The first kappa shape index (κ1) is 9.81. The predicted molar refractivity (Wildman–Crippen MR) is 54.1 cm³/mol. The molecule has 0 radical (unpaired) electrons. The first-order valence-electron chi connectivity index (χ1n) is 5.76. The van der Waals surface area contributed by atoms with Crippen molar-refractivity contribution in [2.45, 2.75) is 45.1 Å². The average Bonchev–Trinajstić information content (AvgIpc) is 2.65. The van der Waals surface area contributed by atoms with Crippen molar-refractivity contribution in [3.8, 4) is 0 Å². The van der Waals surface area contributed by atoms with Crippen molar-refractivity contribution in [3.63, 3.8) is 0 Å². The Labute approximate surface area is 85.4 Å². The maximum atomic E-state index is 11.6. The van der Waals surface area contributed by atoms with E-state index >= 15 is 0 Å². The van der Waals surface area contributed by atoms with Gasteiger partial charge >= 0.3 is 6.09 Å². The minimum atomic E-state index is -0.0934. The van der Waals surface area contributed by atoms with Gasteiger partial charge in [-0.1, -0.05) is 6.42 Å². The highest BCUT2D eigenvalue weighted by atomic mass is 16.6. The van der Waals surface area contributed by atoms with E-state index < -0.39 is 0 Å². The summed E-state index contributed by atoms with van der Waals surface area (Å²) >= 11 is 0. The molecule has 2 rings (SSSR count). The highest BCUT2D eigenvalue weighted by molar-refractivity contribution is 5.68. The molecule has 0 aromatic rings. The molecule has 1 saturated heterocycles. The van der Waals surface area contributed by atoms with Gasteiger partial charge in [-0.3, -0.25) is 0 Å². The van der Waals surface area contributed by atoms with E-state index in [2.05, 4.69) is 0 Å². The number of hydrogen-bond donors (Lipinski definition) is 0. The molecule has 2 aliphatic rings. The Morgan fingerprint density at radius 1 is 1.36 bits per heavy atom. The maximum Gasteiger partial charge on any atom is 0.410 e. The number of piperidine rings is 1. The third kappa shape index (κ3) is 1.72. The Morgan fingerprint density at radius 2 is 2.14 bits per heavy atom. The van der Waals surface area contributed by atoms with E-state index in [1.807, 2.05) is 11.8 Å². The second-order valence-corrected chi connectivity index (χ2v) is 4.29. The molecular formula is C11H19NO2. The molecule has 3 nitrogen and oxygen atoms in total. The van der Waals surface area contributed by atoms with Gasteiger partial charge in [0.1, 0.15) is 0 Å². The van der Waals surface area contributed by atoms with Gasteiger partial charge in [-0.05, 0) is 38.5 Å². The minimum Gasteiger partial charge on any atom is -0.450 e. The van der Waals surface area contributed by atoms with Gasteiger partial charge in [0.15, 0.2) is 0 Å². The van der Waals surface area contributed by atoms with Crippen LogP contribution in [0.5, 0.6) is 0 Å². The van der Waals surface area contributed by atoms with E-state index in [1.54, 1.807) is 0 Å². The van der Waals surface area contributed by atoms with Crippen molar-refractivity contribution in [2.24, 2.45) is 5.92 Å². The number of likely N-dealkylation sites (tertiary alicyclic amines) is 1. The molecule has 0 bridgehead atoms. The zero-order chi connectivity index (χ0) is 9.97. The number of fused-ring (bicyclic) bond motifs is 1. The van der Waals surface area contributed by atoms with E-state index in [4.69, 9.17) is 4.74 Å². The number of ether oxygens (including phenoxy) is 1. The highest BCUT2D eigenvalue weighted by Gasteiger charge is 2.37. The van der Waals surface area contributed by atoms with Crippen molar-refractivity contribution >= 4 is 6.09 Å². The smallest absolute Gasteiger partial charge is 0.410 e. The number of hydrogen-bond acceptors (Lipinski definition) is 2. The molecule has 1 heterocycles. The Hall–Kier alpha value is -0.730. The standard InChI is InChI=1S/C11H19NO2/c1-2-14-11(13)12-8-4-6-9-5-3-7-10(9)12/h9-10H,2-8H2,1H3/t9-,10-/m0/s1. The lowest BCUT2D eigenvalue weighted by molar-refractivity contribution is 0.0647. The zero-order valence-corrected chi connectivity index (χ0v) is 8.87. The van der Waals surface area contributed by atoms with Crippen LogP contribution in [0.4, 0.5) is 4.79 Å². The summed E-state index contributed by atoms with van der Waals surface area (Å²) in [5, 5.41) is 0. The molecule has 3 heteroatoms. The molecule has 0 N–H and O–H groups in total. The van der Waals surface area contributed by atoms with Crippen LogP contribution < -0.4 is 0 Å². The summed E-state index contributed by atoms with van der Waals surface area (Å²) in [5.41, 5.74) is 0. The lowest BCUT2D eigenvalue weighted by Gasteiger charge is -2.36. The molecule has 1 aliphatic heterocycles. The van der Waals surface area contributed by atoms with E-state index in [1.165, 1.54) is 25.7 Å². The number of amides is 1. The third-order valence-electron chi connectivity index (χ3n) is 3.50. The van der Waals surface area contributed by atoms with Gasteiger partial charge in [-0.15, -0.1) is 0 Å². The summed E-state index contributed by atoms with van der Waals surface area (Å²) in [7, 11) is 0. The van der Waals surface area contributed by atoms with Crippen LogP contribution >= 0.6 is 0 Å². The number of rotatable bonds is 1. The van der Waals surface area contributed by atoms with E-state index in [0.29, 0.717) is 12.6 Å². The second-order valence-electron chi connectivity index (χ2n) is 4.29. The van der Waals surface area contributed by atoms with Crippen LogP contribution in [-0.4, -0.2) is 30.2 Å². The van der Waals surface area contributed by atoms with Gasteiger partial charge in [0.2, 0.25) is 0 Å². The number of carbonyl (C=O) groups is 1. The van der Waals surface area contributed by atoms with Gasteiger partial charge in [0.05, 0.1) is 6.61 Å². The van der Waals surface area contributed by atoms with Gasteiger partial charge in [0, 0.05) is 12.6 Å². The predicted octanol–water partition coefficient (Wildman–Crippen LogP) is 2.41. The minimum absolute atomic E-state index is 0.0934. The average molecular weight is 197 g/mol. The summed E-state index contributed by atoms with van der Waals surface area (Å²) < 4.78 is 5.08. The molecule has 0 spiro atoms. The second kappa shape index (κ2) is 4.20. The van der Waals surface area contributed by atoms with E-state index in [9.17, 15) is 4.79 Å². The molecule has 1 saturated carbocycles. The zero-order valence-electron chi connectivity index (χ0n) is 8.87.